The molecule has 2 aromatic heterocycles. The topological polar surface area (TPSA) is 109 Å². The molecule has 0 bridgehead atoms. The summed E-state index contributed by atoms with van der Waals surface area (Å²) < 4.78 is 12.7. The molecule has 31 heavy (non-hydrogen) atoms. The van der Waals surface area contributed by atoms with E-state index in [1.54, 1.807) is 20.5 Å². The average Bonchev–Trinajstić information content (AvgIpc) is 3.36. The Morgan fingerprint density at radius 3 is 2.81 bits per heavy atom. The number of imidazole rings is 1. The van der Waals surface area contributed by atoms with Crippen LogP contribution >= 0.6 is 11.8 Å². The van der Waals surface area contributed by atoms with E-state index in [4.69, 9.17) is 19.9 Å². The highest BCUT2D eigenvalue weighted by atomic mass is 32.2. The number of rotatable bonds is 5. The van der Waals surface area contributed by atoms with Gasteiger partial charge in [-0.15, -0.1) is 0 Å². The van der Waals surface area contributed by atoms with E-state index in [-0.39, 0.29) is 11.5 Å². The molecule has 0 fully saturated rings. The minimum Gasteiger partial charge on any atom is -0.497 e. The summed E-state index contributed by atoms with van der Waals surface area (Å²) in [6, 6.07) is 13.2. The van der Waals surface area contributed by atoms with Gasteiger partial charge in [-0.2, -0.15) is 0 Å². The predicted octanol–water partition coefficient (Wildman–Crippen LogP) is 3.24. The Kier molecular flexibility index (Phi) is 4.91. The third-order valence-electron chi connectivity index (χ3n) is 5.56. The molecule has 3 N–H and O–H groups in total. The van der Waals surface area contributed by atoms with Crippen LogP contribution in [-0.2, 0) is 6.42 Å². The van der Waals surface area contributed by atoms with Gasteiger partial charge in [0.05, 0.1) is 31.5 Å². The number of aromatic nitrogens is 4. The number of hydrogen-bond donors (Lipinski definition) is 3. The molecule has 2 aromatic carbocycles. The summed E-state index contributed by atoms with van der Waals surface area (Å²) in [5.41, 5.74) is 3.25. The Hall–Kier alpha value is -3.30. The van der Waals surface area contributed by atoms with Gasteiger partial charge in [0.15, 0.2) is 16.3 Å². The molecule has 0 spiro atoms. The quantitative estimate of drug-likeness (QED) is 0.444. The minimum absolute atomic E-state index is 0.105. The van der Waals surface area contributed by atoms with Crippen LogP contribution in [0, 0.1) is 5.41 Å². The van der Waals surface area contributed by atoms with Gasteiger partial charge in [0, 0.05) is 0 Å². The van der Waals surface area contributed by atoms with Crippen molar-refractivity contribution in [2.75, 3.05) is 14.2 Å². The molecule has 0 aliphatic heterocycles. The summed E-state index contributed by atoms with van der Waals surface area (Å²) in [4.78, 5) is 13.0. The summed E-state index contributed by atoms with van der Waals surface area (Å²) in [5.74, 6) is 1.41. The van der Waals surface area contributed by atoms with Gasteiger partial charge in [-0.3, -0.25) is 5.41 Å². The number of hydrogen-bond acceptors (Lipinski definition) is 7. The fourth-order valence-electron chi connectivity index (χ4n) is 4.00. The SMILES string of the molecule is COc1ccc(OC)c(Sc2nc3c([nH]2)c(=N)ncn3C2Cc3ccccc3C2O)c1. The van der Waals surface area contributed by atoms with Gasteiger partial charge in [0.25, 0.3) is 0 Å². The van der Waals surface area contributed by atoms with Gasteiger partial charge in [-0.25, -0.2) is 9.97 Å². The van der Waals surface area contributed by atoms with E-state index in [9.17, 15) is 5.11 Å². The van der Waals surface area contributed by atoms with Crippen molar-refractivity contribution in [1.29, 1.82) is 5.41 Å². The van der Waals surface area contributed by atoms with Crippen LogP contribution in [0.3, 0.4) is 0 Å². The number of fused-ring (bicyclic) bond motifs is 2. The summed E-state index contributed by atoms with van der Waals surface area (Å²) in [7, 11) is 3.23. The molecule has 0 saturated carbocycles. The van der Waals surface area contributed by atoms with Crippen LogP contribution in [0.25, 0.3) is 11.2 Å². The second-order valence-corrected chi connectivity index (χ2v) is 8.31. The number of nitrogens with one attached hydrogen (secondary N) is 2. The third-order valence-corrected chi connectivity index (χ3v) is 6.48. The number of methoxy groups -OCH3 is 2. The molecule has 158 valence electrons. The van der Waals surface area contributed by atoms with Crippen LogP contribution in [0.4, 0.5) is 0 Å². The highest BCUT2D eigenvalue weighted by molar-refractivity contribution is 7.99. The first-order valence-corrected chi connectivity index (χ1v) is 10.6. The van der Waals surface area contributed by atoms with Crippen LogP contribution in [0.2, 0.25) is 0 Å². The fourth-order valence-corrected chi connectivity index (χ4v) is 4.92. The zero-order valence-electron chi connectivity index (χ0n) is 17.0. The van der Waals surface area contributed by atoms with Gasteiger partial charge in [-0.1, -0.05) is 24.3 Å². The van der Waals surface area contributed by atoms with Crippen molar-refractivity contribution in [1.82, 2.24) is 19.5 Å². The lowest BCUT2D eigenvalue weighted by Gasteiger charge is -2.19. The standard InChI is InChI=1S/C22H21N5O3S/c1-29-13-7-8-16(30-2)17(10-13)31-22-25-18-20(23)24-11-27(21(18)26-22)15-9-12-5-3-4-6-14(12)19(15)28/h3-8,10-11,15,19,23,28H,9H2,1-2H3,(H,25,26). The highest BCUT2D eigenvalue weighted by Gasteiger charge is 2.33. The second kappa shape index (κ2) is 7.75. The first kappa shape index (κ1) is 19.7. The van der Waals surface area contributed by atoms with Gasteiger partial charge < -0.3 is 24.1 Å². The Morgan fingerprint density at radius 1 is 1.19 bits per heavy atom. The van der Waals surface area contributed by atoms with Gasteiger partial charge in [0.2, 0.25) is 0 Å². The van der Waals surface area contributed by atoms with Gasteiger partial charge in [-0.05, 0) is 47.5 Å². The van der Waals surface area contributed by atoms with Crippen LogP contribution in [0.1, 0.15) is 23.3 Å². The lowest BCUT2D eigenvalue weighted by Crippen LogP contribution is -2.19. The molecule has 5 rings (SSSR count). The number of benzene rings is 2. The van der Waals surface area contributed by atoms with Crippen LogP contribution < -0.4 is 15.0 Å². The summed E-state index contributed by atoms with van der Waals surface area (Å²) in [6.07, 6.45) is 1.61. The number of aromatic amines is 1. The molecule has 2 atom stereocenters. The van der Waals surface area contributed by atoms with Crippen LogP contribution in [-0.4, -0.2) is 38.8 Å². The van der Waals surface area contributed by atoms with E-state index in [0.717, 1.165) is 16.0 Å². The summed E-state index contributed by atoms with van der Waals surface area (Å²) in [5, 5.41) is 19.8. The van der Waals surface area contributed by atoms with Crippen molar-refractivity contribution in [3.8, 4) is 11.5 Å². The zero-order valence-corrected chi connectivity index (χ0v) is 17.8. The second-order valence-electron chi connectivity index (χ2n) is 7.27. The van der Waals surface area contributed by atoms with E-state index in [2.05, 4.69) is 9.97 Å². The van der Waals surface area contributed by atoms with E-state index >= 15 is 0 Å². The van der Waals surface area contributed by atoms with E-state index in [0.29, 0.717) is 34.2 Å². The number of ether oxygens (including phenoxy) is 2. The maximum atomic E-state index is 10.9. The van der Waals surface area contributed by atoms with E-state index < -0.39 is 6.10 Å². The molecule has 1 aliphatic carbocycles. The van der Waals surface area contributed by atoms with E-state index in [1.807, 2.05) is 47.0 Å². The first-order valence-electron chi connectivity index (χ1n) is 9.76. The Morgan fingerprint density at radius 2 is 2.03 bits per heavy atom. The Bertz CT molecular complexity index is 1330. The molecule has 2 heterocycles. The molecular weight excluding hydrogens is 414 g/mol. The predicted molar refractivity (Wildman–Crippen MR) is 116 cm³/mol. The molecule has 0 saturated heterocycles. The zero-order chi connectivity index (χ0) is 21.5. The lowest BCUT2D eigenvalue weighted by molar-refractivity contribution is 0.128. The monoisotopic (exact) mass is 435 g/mol. The summed E-state index contributed by atoms with van der Waals surface area (Å²) >= 11 is 1.38. The molecule has 9 heteroatoms. The van der Waals surface area contributed by atoms with Crippen molar-refractivity contribution in [3.63, 3.8) is 0 Å². The molecule has 1 aliphatic rings. The number of H-pyrrole nitrogens is 1. The molecule has 8 nitrogen and oxygen atoms in total. The maximum Gasteiger partial charge on any atom is 0.173 e. The van der Waals surface area contributed by atoms with Crippen molar-refractivity contribution >= 4 is 22.9 Å². The minimum atomic E-state index is -0.658. The summed E-state index contributed by atoms with van der Waals surface area (Å²) in [6.45, 7) is 0. The normalized spacial score (nSPS) is 17.6. The number of nitrogens with zero attached hydrogens (tertiary/aromatic N) is 3. The molecule has 2 unspecified atom stereocenters. The van der Waals surface area contributed by atoms with E-state index in [1.165, 1.54) is 11.8 Å². The van der Waals surface area contributed by atoms with Crippen molar-refractivity contribution in [2.24, 2.45) is 0 Å². The molecule has 4 aromatic rings. The third kappa shape index (κ3) is 3.35. The van der Waals surface area contributed by atoms with Crippen molar-refractivity contribution in [3.05, 3.63) is 65.4 Å². The van der Waals surface area contributed by atoms with Crippen LogP contribution in [0.5, 0.6) is 11.5 Å². The van der Waals surface area contributed by atoms with Gasteiger partial charge in [0.1, 0.15) is 23.1 Å². The van der Waals surface area contributed by atoms with Crippen molar-refractivity contribution < 1.29 is 14.6 Å². The number of aliphatic hydroxyl groups excluding tert-OH is 1. The molecule has 0 radical (unpaired) electrons. The van der Waals surface area contributed by atoms with Gasteiger partial charge >= 0.3 is 0 Å². The first-order chi connectivity index (χ1) is 15.1. The number of aliphatic hydroxyl groups is 1. The molecule has 0 amide bonds. The fraction of sp³-hybridized carbons (Fsp3) is 0.227. The molecular formula is C22H21N5O3S. The largest absolute Gasteiger partial charge is 0.497 e. The smallest absolute Gasteiger partial charge is 0.173 e. The maximum absolute atomic E-state index is 10.9. The average molecular weight is 436 g/mol. The Balaban J connectivity index is 1.56. The Labute approximate surface area is 182 Å². The van der Waals surface area contributed by atoms with Crippen LogP contribution in [0.15, 0.2) is 58.8 Å². The van der Waals surface area contributed by atoms with Crippen molar-refractivity contribution in [2.45, 2.75) is 28.6 Å². The lowest BCUT2D eigenvalue weighted by atomic mass is 10.1. The highest BCUT2D eigenvalue weighted by Crippen LogP contribution is 2.41.